The minimum Gasteiger partial charge on any atom is -0.298 e. The molecule has 0 aromatic rings. The van der Waals surface area contributed by atoms with E-state index < -0.39 is 0 Å². The first kappa shape index (κ1) is 8.41. The summed E-state index contributed by atoms with van der Waals surface area (Å²) in [5.74, 6) is 0. The highest BCUT2D eigenvalue weighted by Gasteiger charge is 2.08. The second kappa shape index (κ2) is 3.63. The number of aldehydes is 1. The van der Waals surface area contributed by atoms with Crippen molar-refractivity contribution in [3.05, 3.63) is 20.5 Å². The van der Waals surface area contributed by atoms with Crippen molar-refractivity contribution >= 4 is 38.1 Å². The average Bonchev–Trinajstić information content (AvgIpc) is 1.88. The molecule has 0 heterocycles. The summed E-state index contributed by atoms with van der Waals surface area (Å²) in [6, 6.07) is 0. The van der Waals surface area contributed by atoms with Crippen LogP contribution in [0.5, 0.6) is 0 Å². The molecule has 0 saturated carbocycles. The predicted octanol–water partition coefficient (Wildman–Crippen LogP) is 2.43. The van der Waals surface area contributed by atoms with Crippen LogP contribution in [0.2, 0.25) is 0 Å². The summed E-state index contributed by atoms with van der Waals surface area (Å²) in [7, 11) is 2.58. The second-order valence-corrected chi connectivity index (χ2v) is 4.06. The first-order valence-corrected chi connectivity index (χ1v) is 4.71. The molecule has 0 spiro atoms. The highest BCUT2D eigenvalue weighted by atomic mass is 127. The van der Waals surface area contributed by atoms with Crippen LogP contribution in [-0.4, -0.2) is 6.29 Å². The molecule has 10 heavy (non-hydrogen) atoms. The molecule has 0 radical (unpaired) electrons. The van der Waals surface area contributed by atoms with Crippen molar-refractivity contribution in [2.45, 2.75) is 12.8 Å². The van der Waals surface area contributed by atoms with Crippen LogP contribution < -0.4 is 0 Å². The molecule has 0 saturated heterocycles. The van der Waals surface area contributed by atoms with Crippen molar-refractivity contribution in [2.75, 3.05) is 0 Å². The Morgan fingerprint density at radius 3 is 2.80 bits per heavy atom. The van der Waals surface area contributed by atoms with E-state index in [9.17, 15) is 4.79 Å². The largest absolute Gasteiger partial charge is 0.298 e. The molecule has 0 bridgehead atoms. The molecule has 0 N–H and O–H groups in total. The second-order valence-electron chi connectivity index (χ2n) is 2.13. The van der Waals surface area contributed by atoms with Crippen molar-refractivity contribution in [1.82, 2.24) is 0 Å². The van der Waals surface area contributed by atoms with Gasteiger partial charge in [-0.2, -0.15) is 0 Å². The molecule has 1 nitrogen and oxygen atoms in total. The number of allylic oxidation sites excluding steroid dienone is 4. The number of halogens is 1. The molecule has 1 aliphatic carbocycles. The molecule has 54 valence electrons. The fraction of sp³-hybridized carbons (Fsp3) is 0.286. The predicted molar refractivity (Wildman–Crippen MR) is 54.1 cm³/mol. The molecule has 1 aliphatic rings. The number of hydrogen-bond acceptors (Lipinski definition) is 1. The zero-order chi connectivity index (χ0) is 7.56. The first-order chi connectivity index (χ1) is 4.75. The Morgan fingerprint density at radius 2 is 2.40 bits per heavy atom. The molecule has 1 atom stereocenters. The molecule has 0 fully saturated rings. The van der Waals surface area contributed by atoms with Crippen molar-refractivity contribution in [1.29, 1.82) is 0 Å². The fourth-order valence-corrected chi connectivity index (χ4v) is 2.34. The lowest BCUT2D eigenvalue weighted by Gasteiger charge is -2.09. The summed E-state index contributed by atoms with van der Waals surface area (Å²) in [4.78, 5) is 10.5. The van der Waals surface area contributed by atoms with E-state index in [2.05, 4.69) is 37.9 Å². The van der Waals surface area contributed by atoms with Crippen molar-refractivity contribution in [2.24, 2.45) is 0 Å². The zero-order valence-corrected chi connectivity index (χ0v) is 8.74. The summed E-state index contributed by atoms with van der Waals surface area (Å²) in [5.41, 5.74) is 0.858. The Hall–Kier alpha value is 0.310. The van der Waals surface area contributed by atoms with Crippen LogP contribution in [0, 0.1) is 0 Å². The summed E-state index contributed by atoms with van der Waals surface area (Å²) >= 11 is 2.23. The van der Waals surface area contributed by atoms with Crippen molar-refractivity contribution < 1.29 is 4.79 Å². The van der Waals surface area contributed by atoms with Crippen LogP contribution >= 0.6 is 31.8 Å². The SMILES string of the molecule is O=CC1=C(I)CCC=C1P. The summed E-state index contributed by atoms with van der Waals surface area (Å²) < 4.78 is 1.18. The van der Waals surface area contributed by atoms with E-state index in [1.54, 1.807) is 0 Å². The van der Waals surface area contributed by atoms with Gasteiger partial charge in [-0.15, -0.1) is 9.24 Å². The quantitative estimate of drug-likeness (QED) is 0.404. The fourth-order valence-electron chi connectivity index (χ4n) is 0.888. The Labute approximate surface area is 76.3 Å². The Bertz CT molecular complexity index is 218. The third-order valence-corrected chi connectivity index (χ3v) is 3.12. The average molecular weight is 266 g/mol. The van der Waals surface area contributed by atoms with E-state index in [1.807, 2.05) is 0 Å². The van der Waals surface area contributed by atoms with Gasteiger partial charge in [-0.05, 0) is 40.7 Å². The standard InChI is InChI=1S/C7H8IOP/c8-6-2-1-3-7(10)5(6)4-9/h3-4H,1-2,10H2. The highest BCUT2D eigenvalue weighted by molar-refractivity contribution is 14.1. The van der Waals surface area contributed by atoms with E-state index in [4.69, 9.17) is 0 Å². The molecule has 1 unspecified atom stereocenters. The van der Waals surface area contributed by atoms with Crippen LogP contribution in [0.15, 0.2) is 20.5 Å². The maximum absolute atomic E-state index is 10.5. The van der Waals surface area contributed by atoms with Crippen LogP contribution in [0.25, 0.3) is 0 Å². The maximum Gasteiger partial charge on any atom is 0.151 e. The van der Waals surface area contributed by atoms with Crippen LogP contribution in [-0.2, 0) is 4.79 Å². The van der Waals surface area contributed by atoms with E-state index in [1.165, 1.54) is 3.58 Å². The van der Waals surface area contributed by atoms with Gasteiger partial charge in [0.05, 0.1) is 0 Å². The van der Waals surface area contributed by atoms with Crippen LogP contribution in [0.3, 0.4) is 0 Å². The Morgan fingerprint density at radius 1 is 1.70 bits per heavy atom. The topological polar surface area (TPSA) is 17.1 Å². The molecule has 0 aromatic carbocycles. The summed E-state index contributed by atoms with van der Waals surface area (Å²) in [6.45, 7) is 0. The molecule has 0 aliphatic heterocycles. The lowest BCUT2D eigenvalue weighted by Crippen LogP contribution is -1.93. The third-order valence-electron chi connectivity index (χ3n) is 1.45. The normalized spacial score (nSPS) is 18.8. The van der Waals surface area contributed by atoms with Gasteiger partial charge in [0.25, 0.3) is 0 Å². The molecule has 0 aromatic heterocycles. The first-order valence-electron chi connectivity index (χ1n) is 3.05. The summed E-state index contributed by atoms with van der Waals surface area (Å²) in [6.07, 6.45) is 5.09. The molecule has 1 rings (SSSR count). The number of rotatable bonds is 1. The van der Waals surface area contributed by atoms with Gasteiger partial charge in [-0.1, -0.05) is 6.08 Å². The maximum atomic E-state index is 10.5. The molecule has 3 heteroatoms. The smallest absolute Gasteiger partial charge is 0.151 e. The molecular weight excluding hydrogens is 258 g/mol. The van der Waals surface area contributed by atoms with E-state index >= 15 is 0 Å². The number of carbonyl (C=O) groups is 1. The van der Waals surface area contributed by atoms with Crippen molar-refractivity contribution in [3.8, 4) is 0 Å². The number of hydrogen-bond donors (Lipinski definition) is 0. The monoisotopic (exact) mass is 266 g/mol. The molecule has 0 amide bonds. The van der Waals surface area contributed by atoms with Gasteiger partial charge < -0.3 is 0 Å². The lowest BCUT2D eigenvalue weighted by atomic mass is 10.1. The van der Waals surface area contributed by atoms with Gasteiger partial charge >= 0.3 is 0 Å². The van der Waals surface area contributed by atoms with Crippen LogP contribution in [0.4, 0.5) is 0 Å². The van der Waals surface area contributed by atoms with Gasteiger partial charge in [-0.25, -0.2) is 0 Å². The van der Waals surface area contributed by atoms with Gasteiger partial charge in [0, 0.05) is 9.15 Å². The highest BCUT2D eigenvalue weighted by Crippen LogP contribution is 2.31. The van der Waals surface area contributed by atoms with Crippen LogP contribution in [0.1, 0.15) is 12.8 Å². The summed E-state index contributed by atoms with van der Waals surface area (Å²) in [5, 5.41) is 1.05. The Balaban J connectivity index is 2.97. The van der Waals surface area contributed by atoms with Gasteiger partial charge in [-0.3, -0.25) is 4.79 Å². The lowest BCUT2D eigenvalue weighted by molar-refractivity contribution is -0.104. The zero-order valence-electron chi connectivity index (χ0n) is 5.43. The minimum atomic E-state index is 0.858. The van der Waals surface area contributed by atoms with Gasteiger partial charge in [0.2, 0.25) is 0 Å². The third kappa shape index (κ3) is 1.67. The van der Waals surface area contributed by atoms with E-state index in [0.29, 0.717) is 0 Å². The van der Waals surface area contributed by atoms with E-state index in [0.717, 1.165) is 30.0 Å². The van der Waals surface area contributed by atoms with Gasteiger partial charge in [0.15, 0.2) is 6.29 Å². The number of carbonyl (C=O) groups excluding carboxylic acids is 1. The molecular formula is C7H8IOP. The van der Waals surface area contributed by atoms with Gasteiger partial charge in [0.1, 0.15) is 0 Å². The van der Waals surface area contributed by atoms with E-state index in [-0.39, 0.29) is 0 Å². The Kier molecular flexibility index (Phi) is 3.05. The minimum absolute atomic E-state index is 0.858. The van der Waals surface area contributed by atoms with Crippen molar-refractivity contribution in [3.63, 3.8) is 0 Å².